The van der Waals surface area contributed by atoms with Crippen LogP contribution in [0.15, 0.2) is 0 Å². The third-order valence-electron chi connectivity index (χ3n) is 4.56. The molecule has 0 aromatic carbocycles. The maximum atomic E-state index is 14.5. The Kier molecular flexibility index (Phi) is 5.32. The molecule has 0 saturated carbocycles. The molecule has 1 saturated heterocycles. The monoisotopic (exact) mass is 364 g/mol. The van der Waals surface area contributed by atoms with E-state index in [-0.39, 0.29) is 0 Å². The summed E-state index contributed by atoms with van der Waals surface area (Å²) in [7, 11) is 0. The van der Waals surface area contributed by atoms with Gasteiger partial charge in [0.15, 0.2) is 12.4 Å². The summed E-state index contributed by atoms with van der Waals surface area (Å²) in [6.45, 7) is 5.01. The molecular formula is C14H21F5O5. The van der Waals surface area contributed by atoms with E-state index < -0.39 is 47.8 Å². The minimum atomic E-state index is -5.78. The van der Waals surface area contributed by atoms with Gasteiger partial charge in [-0.25, -0.2) is 0 Å². The molecule has 1 fully saturated rings. The average Bonchev–Trinajstić information content (AvgIpc) is 2.43. The average molecular weight is 364 g/mol. The third kappa shape index (κ3) is 2.99. The Hall–Kier alpha value is -1.00. The van der Waals surface area contributed by atoms with Gasteiger partial charge in [0.1, 0.15) is 6.10 Å². The number of hydrogen-bond acceptors (Lipinski definition) is 5. The Balaban J connectivity index is 3.19. The van der Waals surface area contributed by atoms with Gasteiger partial charge >= 0.3 is 23.9 Å². The summed E-state index contributed by atoms with van der Waals surface area (Å²) in [5, 5.41) is 9.44. The van der Waals surface area contributed by atoms with Crippen LogP contribution in [0.1, 0.15) is 41.0 Å². The minimum Gasteiger partial charge on any atom is -0.459 e. The van der Waals surface area contributed by atoms with Gasteiger partial charge in [-0.3, -0.25) is 4.79 Å². The molecule has 5 nitrogen and oxygen atoms in total. The molecule has 3 unspecified atom stereocenters. The van der Waals surface area contributed by atoms with Crippen molar-refractivity contribution in [3.05, 3.63) is 0 Å². The van der Waals surface area contributed by atoms with Crippen LogP contribution in [-0.2, 0) is 19.0 Å². The second-order valence-electron chi connectivity index (χ2n) is 6.51. The number of ether oxygens (including phenoxy) is 3. The number of aliphatic hydroxyl groups is 1. The van der Waals surface area contributed by atoms with Crippen LogP contribution in [0.4, 0.5) is 22.0 Å². The predicted octanol–water partition coefficient (Wildman–Crippen LogP) is 3.00. The van der Waals surface area contributed by atoms with Gasteiger partial charge in [0.2, 0.25) is 0 Å². The van der Waals surface area contributed by atoms with Gasteiger partial charge in [0.05, 0.1) is 5.41 Å². The highest BCUT2D eigenvalue weighted by Gasteiger charge is 2.80. The molecule has 0 aromatic heterocycles. The molecule has 0 bridgehead atoms. The second-order valence-corrected chi connectivity index (χ2v) is 6.51. The van der Waals surface area contributed by atoms with E-state index in [2.05, 4.69) is 9.47 Å². The fourth-order valence-electron chi connectivity index (χ4n) is 1.96. The molecule has 1 aliphatic heterocycles. The van der Waals surface area contributed by atoms with Crippen molar-refractivity contribution < 1.29 is 46.1 Å². The highest BCUT2D eigenvalue weighted by atomic mass is 19.4. The first kappa shape index (κ1) is 21.0. The lowest BCUT2D eigenvalue weighted by atomic mass is 9.84. The van der Waals surface area contributed by atoms with Gasteiger partial charge in [-0.15, -0.1) is 0 Å². The molecule has 1 N–H and O–H groups in total. The standard InChI is InChI=1S/C14H21F5O5/c1-6-10(3,4)9(20)24-8(2)11(5)12(15,16)13(21,14(17,18)19)23-7-22-11/h8,21H,6-7H2,1-5H3. The predicted molar refractivity (Wildman–Crippen MR) is 71.0 cm³/mol. The van der Waals surface area contributed by atoms with Crippen LogP contribution in [0, 0.1) is 5.41 Å². The first-order chi connectivity index (χ1) is 10.6. The normalized spacial score (nSPS) is 32.3. The highest BCUT2D eigenvalue weighted by Crippen LogP contribution is 2.53. The third-order valence-corrected chi connectivity index (χ3v) is 4.56. The van der Waals surface area contributed by atoms with Crippen molar-refractivity contribution >= 4 is 5.97 Å². The molecule has 0 spiro atoms. The molecule has 3 atom stereocenters. The summed E-state index contributed by atoms with van der Waals surface area (Å²) in [4.78, 5) is 12.0. The Bertz CT molecular complexity index is 492. The van der Waals surface area contributed by atoms with Gasteiger partial charge in [-0.2, -0.15) is 22.0 Å². The number of halogens is 5. The Morgan fingerprint density at radius 3 is 2.21 bits per heavy atom. The molecule has 10 heteroatoms. The molecule has 142 valence electrons. The summed E-state index contributed by atoms with van der Waals surface area (Å²) < 4.78 is 81.1. The van der Waals surface area contributed by atoms with Crippen LogP contribution in [0.3, 0.4) is 0 Å². The molecule has 1 rings (SSSR count). The fourth-order valence-corrected chi connectivity index (χ4v) is 1.96. The van der Waals surface area contributed by atoms with Crippen LogP contribution in [0.5, 0.6) is 0 Å². The van der Waals surface area contributed by atoms with E-state index >= 15 is 0 Å². The van der Waals surface area contributed by atoms with Gasteiger partial charge in [-0.05, 0) is 34.1 Å². The van der Waals surface area contributed by atoms with Gasteiger partial charge < -0.3 is 19.3 Å². The van der Waals surface area contributed by atoms with Crippen LogP contribution < -0.4 is 0 Å². The summed E-state index contributed by atoms with van der Waals surface area (Å²) in [5.74, 6) is -10.6. The van der Waals surface area contributed by atoms with Crippen molar-refractivity contribution in [2.45, 2.75) is 70.6 Å². The van der Waals surface area contributed by atoms with E-state index in [0.29, 0.717) is 13.3 Å². The Morgan fingerprint density at radius 2 is 1.79 bits per heavy atom. The van der Waals surface area contributed by atoms with E-state index in [1.165, 1.54) is 13.8 Å². The lowest BCUT2D eigenvalue weighted by molar-refractivity contribution is -0.505. The van der Waals surface area contributed by atoms with Crippen LogP contribution >= 0.6 is 0 Å². The molecule has 1 aliphatic rings. The second kappa shape index (κ2) is 6.06. The lowest BCUT2D eigenvalue weighted by Crippen LogP contribution is -2.75. The van der Waals surface area contributed by atoms with Crippen LogP contribution in [-0.4, -0.2) is 47.5 Å². The summed E-state index contributed by atoms with van der Waals surface area (Å²) in [6, 6.07) is 0. The van der Waals surface area contributed by atoms with Crippen molar-refractivity contribution in [3.63, 3.8) is 0 Å². The zero-order valence-electron chi connectivity index (χ0n) is 14.0. The molecule has 0 aromatic rings. The van der Waals surface area contributed by atoms with Crippen molar-refractivity contribution in [2.75, 3.05) is 6.79 Å². The van der Waals surface area contributed by atoms with Gasteiger partial charge in [0, 0.05) is 0 Å². The first-order valence-corrected chi connectivity index (χ1v) is 7.22. The number of hydrogen-bond donors (Lipinski definition) is 1. The van der Waals surface area contributed by atoms with Crippen LogP contribution in [0.2, 0.25) is 0 Å². The Morgan fingerprint density at radius 1 is 1.29 bits per heavy atom. The van der Waals surface area contributed by atoms with Crippen molar-refractivity contribution in [1.29, 1.82) is 0 Å². The molecule has 0 amide bonds. The zero-order valence-corrected chi connectivity index (χ0v) is 14.0. The Labute approximate surface area is 136 Å². The molecule has 0 radical (unpaired) electrons. The van der Waals surface area contributed by atoms with Gasteiger partial charge in [0.25, 0.3) is 0 Å². The minimum absolute atomic E-state index is 0.322. The molecule has 0 aliphatic carbocycles. The van der Waals surface area contributed by atoms with E-state index in [4.69, 9.17) is 4.74 Å². The SMILES string of the molecule is CCC(C)(C)C(=O)OC(C)C1(C)OCOC(O)(C(F)(F)F)C1(F)F. The smallest absolute Gasteiger partial charge is 0.449 e. The number of esters is 1. The summed E-state index contributed by atoms with van der Waals surface area (Å²) in [6.07, 6.45) is -7.25. The van der Waals surface area contributed by atoms with Gasteiger partial charge in [-0.1, -0.05) is 6.92 Å². The quantitative estimate of drug-likeness (QED) is 0.614. The molecular weight excluding hydrogens is 343 g/mol. The van der Waals surface area contributed by atoms with Crippen molar-refractivity contribution in [2.24, 2.45) is 5.41 Å². The molecule has 1 heterocycles. The van der Waals surface area contributed by atoms with E-state index in [1.54, 1.807) is 6.92 Å². The maximum Gasteiger partial charge on any atom is 0.449 e. The molecule has 24 heavy (non-hydrogen) atoms. The van der Waals surface area contributed by atoms with Crippen molar-refractivity contribution in [1.82, 2.24) is 0 Å². The number of carbonyl (C=O) groups is 1. The topological polar surface area (TPSA) is 65.0 Å². The fraction of sp³-hybridized carbons (Fsp3) is 0.929. The highest BCUT2D eigenvalue weighted by molar-refractivity contribution is 5.76. The van der Waals surface area contributed by atoms with Crippen molar-refractivity contribution in [3.8, 4) is 0 Å². The van der Waals surface area contributed by atoms with E-state index in [0.717, 1.165) is 6.92 Å². The number of carbonyl (C=O) groups excluding carboxylic acids is 1. The zero-order chi connectivity index (χ0) is 19.2. The summed E-state index contributed by atoms with van der Waals surface area (Å²) in [5.41, 5.74) is -3.97. The lowest BCUT2D eigenvalue weighted by Gasteiger charge is -2.51. The van der Waals surface area contributed by atoms with E-state index in [1.807, 2.05) is 0 Å². The number of rotatable bonds is 4. The first-order valence-electron chi connectivity index (χ1n) is 7.22. The summed E-state index contributed by atoms with van der Waals surface area (Å²) >= 11 is 0. The van der Waals surface area contributed by atoms with Crippen LogP contribution in [0.25, 0.3) is 0 Å². The largest absolute Gasteiger partial charge is 0.459 e. The number of alkyl halides is 5. The van der Waals surface area contributed by atoms with E-state index in [9.17, 15) is 31.9 Å². The maximum absolute atomic E-state index is 14.5.